The van der Waals surface area contributed by atoms with Gasteiger partial charge in [0.2, 0.25) is 17.7 Å². The van der Waals surface area contributed by atoms with Gasteiger partial charge in [0.05, 0.1) is 35.7 Å². The maximum atomic E-state index is 13.7. The summed E-state index contributed by atoms with van der Waals surface area (Å²) in [5, 5.41) is 7.77. The van der Waals surface area contributed by atoms with Gasteiger partial charge < -0.3 is 15.0 Å². The summed E-state index contributed by atoms with van der Waals surface area (Å²) in [7, 11) is 1.53. The fourth-order valence-electron chi connectivity index (χ4n) is 5.97. The number of hydrogen-bond acceptors (Lipinski definition) is 5. The molecule has 3 aromatic rings. The molecular weight excluding hydrogens is 456 g/mol. The number of likely N-dealkylation sites (tertiary alicyclic amines) is 1. The van der Waals surface area contributed by atoms with Gasteiger partial charge in [0.1, 0.15) is 5.54 Å². The van der Waals surface area contributed by atoms with Crippen molar-refractivity contribution in [2.75, 3.05) is 25.6 Å². The highest BCUT2D eigenvalue weighted by Crippen LogP contribution is 2.54. The Morgan fingerprint density at radius 1 is 1.09 bits per heavy atom. The molecule has 0 saturated carbocycles. The number of ether oxygens (including phenoxy) is 1. The van der Waals surface area contributed by atoms with Gasteiger partial charge in [0, 0.05) is 35.8 Å². The Morgan fingerprint density at radius 2 is 1.91 bits per heavy atom. The summed E-state index contributed by atoms with van der Waals surface area (Å²) in [6.45, 7) is 0.389. The van der Waals surface area contributed by atoms with Gasteiger partial charge in [0.15, 0.2) is 0 Å². The Balaban J connectivity index is 1.47. The highest BCUT2D eigenvalue weighted by atomic mass is 35.5. The van der Waals surface area contributed by atoms with Crippen molar-refractivity contribution < 1.29 is 19.1 Å². The third-order valence-corrected chi connectivity index (χ3v) is 7.74. The molecule has 3 N–H and O–H groups in total. The van der Waals surface area contributed by atoms with Crippen LogP contribution in [0.3, 0.4) is 0 Å². The molecule has 34 heavy (non-hydrogen) atoms. The van der Waals surface area contributed by atoms with Crippen molar-refractivity contribution >= 4 is 45.9 Å². The molecule has 0 aliphatic carbocycles. The number of hydrogen-bond donors (Lipinski definition) is 3. The zero-order valence-corrected chi connectivity index (χ0v) is 19.2. The van der Waals surface area contributed by atoms with Gasteiger partial charge >= 0.3 is 0 Å². The second-order valence-electron chi connectivity index (χ2n) is 9.06. The first-order chi connectivity index (χ1) is 16.5. The van der Waals surface area contributed by atoms with Gasteiger partial charge in [-0.3, -0.25) is 24.6 Å². The number of amides is 3. The summed E-state index contributed by atoms with van der Waals surface area (Å²) in [5.74, 6) is -2.55. The van der Waals surface area contributed by atoms with Crippen LogP contribution in [0, 0.1) is 11.8 Å². The quantitative estimate of drug-likeness (QED) is 0.489. The molecule has 3 aliphatic heterocycles. The minimum Gasteiger partial charge on any atom is -0.383 e. The van der Waals surface area contributed by atoms with Crippen LogP contribution in [0.25, 0.3) is 10.9 Å². The van der Waals surface area contributed by atoms with Crippen LogP contribution in [0.2, 0.25) is 5.02 Å². The highest BCUT2D eigenvalue weighted by Gasteiger charge is 2.70. The van der Waals surface area contributed by atoms with E-state index in [1.54, 1.807) is 18.2 Å². The van der Waals surface area contributed by atoms with Gasteiger partial charge in [-0.25, -0.2) is 0 Å². The third kappa shape index (κ3) is 2.76. The number of aromatic nitrogens is 1. The van der Waals surface area contributed by atoms with Crippen LogP contribution in [0.15, 0.2) is 48.7 Å². The van der Waals surface area contributed by atoms with E-state index >= 15 is 0 Å². The zero-order valence-electron chi connectivity index (χ0n) is 18.4. The second kappa shape index (κ2) is 7.66. The number of halogens is 1. The number of nitrogens with zero attached hydrogens (tertiary/aromatic N) is 1. The van der Waals surface area contributed by atoms with Crippen LogP contribution in [-0.2, 0) is 31.1 Å². The first-order valence-electron chi connectivity index (χ1n) is 11.2. The Bertz CT molecular complexity index is 1350. The number of methoxy groups -OCH3 is 1. The summed E-state index contributed by atoms with van der Waals surface area (Å²) in [6.07, 6.45) is 2.41. The molecular formula is C25H23ClN4O4. The van der Waals surface area contributed by atoms with Crippen molar-refractivity contribution in [3.63, 3.8) is 0 Å². The van der Waals surface area contributed by atoms with Gasteiger partial charge in [0.25, 0.3) is 0 Å². The van der Waals surface area contributed by atoms with Gasteiger partial charge in [-0.1, -0.05) is 41.9 Å². The van der Waals surface area contributed by atoms with Crippen molar-refractivity contribution in [1.82, 2.24) is 15.2 Å². The normalized spacial score (nSPS) is 27.6. The summed E-state index contributed by atoms with van der Waals surface area (Å²) in [4.78, 5) is 45.3. The summed E-state index contributed by atoms with van der Waals surface area (Å²) in [6, 6.07) is 12.8. The van der Waals surface area contributed by atoms with E-state index in [0.29, 0.717) is 22.7 Å². The first-order valence-corrected chi connectivity index (χ1v) is 11.6. The number of anilines is 1. The molecule has 0 unspecified atom stereocenters. The molecule has 2 aromatic carbocycles. The number of fused-ring (bicyclic) bond motifs is 5. The van der Waals surface area contributed by atoms with E-state index in [1.807, 2.05) is 30.5 Å². The first kappa shape index (κ1) is 21.3. The largest absolute Gasteiger partial charge is 0.383 e. The number of nitrogens with one attached hydrogen (secondary N) is 3. The van der Waals surface area contributed by atoms with Crippen LogP contribution < -0.4 is 10.6 Å². The lowest BCUT2D eigenvalue weighted by Gasteiger charge is -2.29. The molecule has 1 spiro atoms. The van der Waals surface area contributed by atoms with Crippen LogP contribution in [0.5, 0.6) is 0 Å². The molecule has 9 heteroatoms. The van der Waals surface area contributed by atoms with Crippen LogP contribution in [0.1, 0.15) is 11.1 Å². The molecule has 2 fully saturated rings. The summed E-state index contributed by atoms with van der Waals surface area (Å²) >= 11 is 6.39. The fourth-order valence-corrected chi connectivity index (χ4v) is 6.19. The lowest BCUT2D eigenvalue weighted by Crippen LogP contribution is -2.53. The molecule has 4 heterocycles. The van der Waals surface area contributed by atoms with Crippen molar-refractivity contribution in [2.24, 2.45) is 11.8 Å². The molecule has 0 radical (unpaired) electrons. The fraction of sp³-hybridized carbons (Fsp3) is 0.320. The van der Waals surface area contributed by atoms with E-state index in [4.69, 9.17) is 16.3 Å². The standard InChI is InChI=1S/C25H23ClN4O4/c1-34-10-9-30-22(31)19-18(11-13-12-27-17-8-3-2-5-14(13)17)29-25(20(19)23(30)32)15-6-4-7-16(26)21(15)28-24(25)33/h2-8,12,18-20,27,29H,9-11H2,1H3,(H,28,33)/t18-,19-,20-,25+/m0/s1. The molecule has 8 nitrogen and oxygen atoms in total. The molecule has 0 bridgehead atoms. The molecule has 6 rings (SSSR count). The number of benzene rings is 2. The summed E-state index contributed by atoms with van der Waals surface area (Å²) in [5.41, 5.74) is 1.74. The van der Waals surface area contributed by atoms with E-state index in [2.05, 4.69) is 15.6 Å². The maximum Gasteiger partial charge on any atom is 0.250 e. The van der Waals surface area contributed by atoms with Crippen LogP contribution in [0.4, 0.5) is 5.69 Å². The Morgan fingerprint density at radius 3 is 2.74 bits per heavy atom. The van der Waals surface area contributed by atoms with E-state index in [9.17, 15) is 14.4 Å². The van der Waals surface area contributed by atoms with Gasteiger partial charge in [-0.05, 0) is 24.1 Å². The number of H-pyrrole nitrogens is 1. The SMILES string of the molecule is COCCN1C(=O)[C@H]2[C@H](Cc3c[nH]c4ccccc34)N[C@@]3(C(=O)Nc4c(Cl)cccc43)[C@@H]2C1=O. The lowest BCUT2D eigenvalue weighted by atomic mass is 9.76. The Hall–Kier alpha value is -3.20. The number of carbonyl (C=O) groups excluding carboxylic acids is 3. The maximum absolute atomic E-state index is 13.7. The van der Waals surface area contributed by atoms with Crippen LogP contribution >= 0.6 is 11.6 Å². The smallest absolute Gasteiger partial charge is 0.250 e. The molecule has 174 valence electrons. The minimum absolute atomic E-state index is 0.154. The number of imide groups is 1. The second-order valence-corrected chi connectivity index (χ2v) is 9.47. The minimum atomic E-state index is -1.36. The average Bonchev–Trinajstić information content (AvgIpc) is 3.54. The molecule has 2 saturated heterocycles. The zero-order chi connectivity index (χ0) is 23.6. The predicted octanol–water partition coefficient (Wildman–Crippen LogP) is 2.43. The van der Waals surface area contributed by atoms with E-state index < -0.39 is 23.4 Å². The van der Waals surface area contributed by atoms with Crippen molar-refractivity contribution in [2.45, 2.75) is 18.0 Å². The third-order valence-electron chi connectivity index (χ3n) is 7.42. The van der Waals surface area contributed by atoms with Gasteiger partial charge in [-0.15, -0.1) is 0 Å². The van der Waals surface area contributed by atoms with E-state index in [0.717, 1.165) is 16.5 Å². The number of aromatic amines is 1. The van der Waals surface area contributed by atoms with Crippen molar-refractivity contribution in [3.05, 3.63) is 64.8 Å². The van der Waals surface area contributed by atoms with Crippen molar-refractivity contribution in [1.29, 1.82) is 0 Å². The summed E-state index contributed by atoms with van der Waals surface area (Å²) < 4.78 is 5.13. The number of carbonyl (C=O) groups is 3. The molecule has 3 amide bonds. The van der Waals surface area contributed by atoms with Gasteiger partial charge in [-0.2, -0.15) is 0 Å². The highest BCUT2D eigenvalue weighted by molar-refractivity contribution is 6.35. The topological polar surface area (TPSA) is 104 Å². The van der Waals surface area contributed by atoms with Crippen LogP contribution in [-0.4, -0.2) is 53.9 Å². The van der Waals surface area contributed by atoms with E-state index in [-0.39, 0.29) is 30.9 Å². The Kier molecular flexibility index (Phi) is 4.81. The molecule has 3 aliphatic rings. The predicted molar refractivity (Wildman–Crippen MR) is 126 cm³/mol. The Labute approximate surface area is 200 Å². The monoisotopic (exact) mass is 478 g/mol. The van der Waals surface area contributed by atoms with E-state index in [1.165, 1.54) is 12.0 Å². The number of rotatable bonds is 5. The lowest BCUT2D eigenvalue weighted by molar-refractivity contribution is -0.143. The average molecular weight is 479 g/mol. The molecule has 1 aromatic heterocycles. The number of para-hydroxylation sites is 2. The molecule has 4 atom stereocenters. The van der Waals surface area contributed by atoms with Crippen molar-refractivity contribution in [3.8, 4) is 0 Å².